The molecule has 3 heteroatoms. The van der Waals surface area contributed by atoms with Crippen molar-refractivity contribution in [2.75, 3.05) is 0 Å². The quantitative estimate of drug-likeness (QED) is 0.622. The Morgan fingerprint density at radius 1 is 0.947 bits per heavy atom. The SMILES string of the molecule is Cc1cc(C)c(C(=O)Pc2ccccc2)c(C)c1.[Na]. The number of hydrogen-bond donors (Lipinski definition) is 0. The van der Waals surface area contributed by atoms with Crippen molar-refractivity contribution in [3.63, 3.8) is 0 Å². The van der Waals surface area contributed by atoms with Crippen molar-refractivity contribution in [1.29, 1.82) is 0 Å². The molecule has 2 rings (SSSR count). The molecule has 0 bridgehead atoms. The van der Waals surface area contributed by atoms with E-state index < -0.39 is 0 Å². The van der Waals surface area contributed by atoms with Gasteiger partial charge in [0.2, 0.25) is 0 Å². The van der Waals surface area contributed by atoms with Gasteiger partial charge in [-0.15, -0.1) is 0 Å². The summed E-state index contributed by atoms with van der Waals surface area (Å²) in [5, 5.41) is 1.10. The van der Waals surface area contributed by atoms with Crippen LogP contribution in [0.5, 0.6) is 0 Å². The Hall–Kier alpha value is -0.460. The molecule has 93 valence electrons. The molecular weight excluding hydrogens is 262 g/mol. The molecule has 0 heterocycles. The number of benzene rings is 2. The Labute approximate surface area is 138 Å². The molecule has 2 aromatic carbocycles. The Morgan fingerprint density at radius 2 is 1.47 bits per heavy atom. The van der Waals surface area contributed by atoms with E-state index in [1.165, 1.54) is 5.56 Å². The predicted molar refractivity (Wildman–Crippen MR) is 85.1 cm³/mol. The van der Waals surface area contributed by atoms with E-state index in [1.54, 1.807) is 0 Å². The monoisotopic (exact) mass is 279 g/mol. The normalized spacial score (nSPS) is 10.5. The van der Waals surface area contributed by atoms with Gasteiger partial charge in [0.1, 0.15) is 0 Å². The standard InChI is InChI=1S/C16H17OP.Na/c1-11-9-12(2)15(13(3)10-11)16(17)18-14-7-5-4-6-8-14;/h4-10,18H,1-3H3;. The van der Waals surface area contributed by atoms with Crippen molar-refractivity contribution in [3.05, 3.63) is 64.7 Å². The van der Waals surface area contributed by atoms with Crippen molar-refractivity contribution in [1.82, 2.24) is 0 Å². The zero-order chi connectivity index (χ0) is 13.1. The minimum Gasteiger partial charge on any atom is -0.289 e. The summed E-state index contributed by atoms with van der Waals surface area (Å²) in [6, 6.07) is 14.1. The first-order valence-electron chi connectivity index (χ1n) is 6.02. The van der Waals surface area contributed by atoms with E-state index in [4.69, 9.17) is 0 Å². The number of aryl methyl sites for hydroxylation is 3. The Morgan fingerprint density at radius 3 is 2.00 bits per heavy atom. The first-order valence-corrected chi connectivity index (χ1v) is 7.02. The second-order valence-electron chi connectivity index (χ2n) is 4.59. The van der Waals surface area contributed by atoms with Crippen LogP contribution in [0.4, 0.5) is 0 Å². The fraction of sp³-hybridized carbons (Fsp3) is 0.188. The molecule has 0 spiro atoms. The summed E-state index contributed by atoms with van der Waals surface area (Å²) in [4.78, 5) is 12.4. The molecule has 1 atom stereocenters. The molecule has 0 aliphatic heterocycles. The van der Waals surface area contributed by atoms with Gasteiger partial charge in [0, 0.05) is 35.1 Å². The summed E-state index contributed by atoms with van der Waals surface area (Å²) in [6.45, 7) is 6.10. The van der Waals surface area contributed by atoms with Crippen LogP contribution in [-0.4, -0.2) is 35.1 Å². The van der Waals surface area contributed by atoms with Crippen LogP contribution in [0.2, 0.25) is 0 Å². The van der Waals surface area contributed by atoms with Gasteiger partial charge in [-0.25, -0.2) is 0 Å². The van der Waals surface area contributed by atoms with Gasteiger partial charge in [-0.05, 0) is 45.8 Å². The van der Waals surface area contributed by atoms with Crippen LogP contribution < -0.4 is 5.30 Å². The summed E-state index contributed by atoms with van der Waals surface area (Å²) >= 11 is 0. The van der Waals surface area contributed by atoms with E-state index in [1.807, 2.05) is 44.2 Å². The number of carbonyl (C=O) groups excluding carboxylic acids is 1. The predicted octanol–water partition coefficient (Wildman–Crippen LogP) is 3.38. The summed E-state index contributed by atoms with van der Waals surface area (Å²) in [6.07, 6.45) is 0. The zero-order valence-electron chi connectivity index (χ0n) is 11.9. The molecule has 0 aliphatic rings. The summed E-state index contributed by atoms with van der Waals surface area (Å²) < 4.78 is 0. The van der Waals surface area contributed by atoms with E-state index in [0.29, 0.717) is 0 Å². The van der Waals surface area contributed by atoms with E-state index >= 15 is 0 Å². The molecule has 0 aromatic heterocycles. The smallest absolute Gasteiger partial charge is 0.186 e. The number of carbonyl (C=O) groups is 1. The average molecular weight is 279 g/mol. The van der Waals surface area contributed by atoms with E-state index in [2.05, 4.69) is 19.1 Å². The summed E-state index contributed by atoms with van der Waals surface area (Å²) in [7, 11) is 0.206. The van der Waals surface area contributed by atoms with Gasteiger partial charge < -0.3 is 0 Å². The zero-order valence-corrected chi connectivity index (χ0v) is 14.9. The minimum atomic E-state index is 0. The van der Waals surface area contributed by atoms with Gasteiger partial charge >= 0.3 is 0 Å². The van der Waals surface area contributed by atoms with Crippen LogP contribution in [0.1, 0.15) is 27.0 Å². The number of hydrogen-bond acceptors (Lipinski definition) is 1. The molecule has 0 N–H and O–H groups in total. The first-order chi connectivity index (χ1) is 8.58. The summed E-state index contributed by atoms with van der Waals surface area (Å²) in [5.74, 6) is 0. The van der Waals surface area contributed by atoms with Crippen molar-refractivity contribution in [2.24, 2.45) is 0 Å². The largest absolute Gasteiger partial charge is 0.289 e. The van der Waals surface area contributed by atoms with Crippen molar-refractivity contribution in [3.8, 4) is 0 Å². The third-order valence-electron chi connectivity index (χ3n) is 2.94. The van der Waals surface area contributed by atoms with Crippen LogP contribution in [0, 0.1) is 20.8 Å². The molecule has 0 saturated carbocycles. The van der Waals surface area contributed by atoms with E-state index in [0.717, 1.165) is 22.0 Å². The Bertz CT molecular complexity index is 556. The molecule has 1 radical (unpaired) electrons. The van der Waals surface area contributed by atoms with E-state index in [9.17, 15) is 4.79 Å². The van der Waals surface area contributed by atoms with Crippen LogP contribution in [0.25, 0.3) is 0 Å². The molecule has 19 heavy (non-hydrogen) atoms. The van der Waals surface area contributed by atoms with Gasteiger partial charge in [-0.3, -0.25) is 4.79 Å². The van der Waals surface area contributed by atoms with Gasteiger partial charge in [0.05, 0.1) is 0 Å². The maximum atomic E-state index is 12.4. The molecule has 2 aromatic rings. The van der Waals surface area contributed by atoms with Gasteiger partial charge in [0.25, 0.3) is 0 Å². The Balaban J connectivity index is 0.00000180. The first kappa shape index (κ1) is 16.6. The maximum Gasteiger partial charge on any atom is 0.186 e. The van der Waals surface area contributed by atoms with Crippen molar-refractivity contribution >= 4 is 49.0 Å². The van der Waals surface area contributed by atoms with Crippen molar-refractivity contribution < 1.29 is 4.79 Å². The second kappa shape index (κ2) is 7.36. The number of rotatable bonds is 3. The maximum absolute atomic E-state index is 12.4. The molecule has 0 saturated heterocycles. The van der Waals surface area contributed by atoms with Gasteiger partial charge in [-0.1, -0.05) is 48.0 Å². The van der Waals surface area contributed by atoms with Crippen LogP contribution in [0.3, 0.4) is 0 Å². The van der Waals surface area contributed by atoms with Crippen LogP contribution in [-0.2, 0) is 0 Å². The third kappa shape index (κ3) is 4.26. The molecule has 0 aliphatic carbocycles. The molecule has 0 amide bonds. The van der Waals surface area contributed by atoms with Crippen LogP contribution in [0.15, 0.2) is 42.5 Å². The Kier molecular flexibility index (Phi) is 6.42. The van der Waals surface area contributed by atoms with Gasteiger partial charge in [-0.2, -0.15) is 0 Å². The molecule has 1 nitrogen and oxygen atoms in total. The molecule has 0 fully saturated rings. The average Bonchev–Trinajstić information content (AvgIpc) is 2.28. The minimum absolute atomic E-state index is 0. The second-order valence-corrected chi connectivity index (χ2v) is 5.88. The topological polar surface area (TPSA) is 17.1 Å². The van der Waals surface area contributed by atoms with Crippen LogP contribution >= 0.6 is 8.58 Å². The molecular formula is C16H17NaOP. The molecule has 1 unspecified atom stereocenters. The fourth-order valence-electron chi connectivity index (χ4n) is 2.25. The summed E-state index contributed by atoms with van der Waals surface area (Å²) in [5.41, 5.74) is 4.51. The van der Waals surface area contributed by atoms with Gasteiger partial charge in [0.15, 0.2) is 5.52 Å². The third-order valence-corrected chi connectivity index (χ3v) is 4.03. The van der Waals surface area contributed by atoms with E-state index in [-0.39, 0.29) is 43.7 Å². The van der Waals surface area contributed by atoms with Crippen molar-refractivity contribution in [2.45, 2.75) is 20.8 Å². The fourth-order valence-corrected chi connectivity index (χ4v) is 3.39.